The lowest BCUT2D eigenvalue weighted by Gasteiger charge is -2.18. The largest absolute Gasteiger partial charge is 0.462 e. The molecule has 6 nitrogen and oxygen atoms in total. The van der Waals surface area contributed by atoms with Crippen molar-refractivity contribution in [2.75, 3.05) is 13.2 Å². The van der Waals surface area contributed by atoms with Crippen LogP contribution in [0.25, 0.3) is 0 Å². The van der Waals surface area contributed by atoms with Gasteiger partial charge in [0.1, 0.15) is 13.2 Å². The average molecular weight is 982 g/mol. The Morgan fingerprint density at radius 3 is 0.857 bits per heavy atom. The van der Waals surface area contributed by atoms with Crippen molar-refractivity contribution in [3.05, 3.63) is 48.6 Å². The molecule has 70 heavy (non-hydrogen) atoms. The standard InChI is InChI=1S/C64H116O6/c1-4-7-10-13-16-19-21-22-23-24-25-26-27-28-29-30-31-32-33-34-35-36-37-38-39-40-41-42-44-45-48-51-54-57-63(66)69-60-61(59-68-62(65)56-53-50-47-18-15-12-9-6-3)70-64(67)58-55-52-49-46-43-20-17-14-11-8-5-2/h14,17,21-22,24-25,27-28,61H,4-13,15-16,18-20,23,26,29-60H2,1-3H3/b17-14-,22-21-,25-24-,28-27-. The Labute approximate surface area is 435 Å². The Balaban J connectivity index is 3.95. The second-order valence-corrected chi connectivity index (χ2v) is 20.6. The number of allylic oxidation sites excluding steroid dienone is 8. The first-order valence-corrected chi connectivity index (χ1v) is 30.6. The van der Waals surface area contributed by atoms with Gasteiger partial charge in [-0.25, -0.2) is 0 Å². The second-order valence-electron chi connectivity index (χ2n) is 20.6. The fourth-order valence-electron chi connectivity index (χ4n) is 8.90. The third kappa shape index (κ3) is 56.3. The summed E-state index contributed by atoms with van der Waals surface area (Å²) in [6.45, 7) is 6.58. The summed E-state index contributed by atoms with van der Waals surface area (Å²) in [6.07, 6.45) is 73.0. The zero-order valence-corrected chi connectivity index (χ0v) is 46.8. The maximum atomic E-state index is 12.8. The van der Waals surface area contributed by atoms with Gasteiger partial charge in [-0.3, -0.25) is 14.4 Å². The Bertz CT molecular complexity index is 1220. The molecular weight excluding hydrogens is 865 g/mol. The smallest absolute Gasteiger partial charge is 0.306 e. The van der Waals surface area contributed by atoms with E-state index in [1.54, 1.807) is 0 Å². The highest BCUT2D eigenvalue weighted by Gasteiger charge is 2.19. The Hall–Kier alpha value is -2.63. The molecule has 0 aromatic heterocycles. The van der Waals surface area contributed by atoms with Gasteiger partial charge in [0.2, 0.25) is 0 Å². The molecular formula is C64H116O6. The van der Waals surface area contributed by atoms with E-state index in [0.29, 0.717) is 19.3 Å². The van der Waals surface area contributed by atoms with Crippen molar-refractivity contribution in [1.82, 2.24) is 0 Å². The fourth-order valence-corrected chi connectivity index (χ4v) is 8.90. The summed E-state index contributed by atoms with van der Waals surface area (Å²) in [4.78, 5) is 37.9. The summed E-state index contributed by atoms with van der Waals surface area (Å²) >= 11 is 0. The summed E-state index contributed by atoms with van der Waals surface area (Å²) in [5.74, 6) is -0.874. The van der Waals surface area contributed by atoms with Gasteiger partial charge in [0.15, 0.2) is 6.10 Å². The topological polar surface area (TPSA) is 78.9 Å². The Kier molecular flexibility index (Phi) is 56.7. The second kappa shape index (κ2) is 58.9. The van der Waals surface area contributed by atoms with Gasteiger partial charge in [0.25, 0.3) is 0 Å². The maximum absolute atomic E-state index is 12.8. The molecule has 0 rings (SSSR count). The summed E-state index contributed by atoms with van der Waals surface area (Å²) in [5.41, 5.74) is 0. The number of unbranched alkanes of at least 4 members (excludes halogenated alkanes) is 37. The molecule has 0 aliphatic heterocycles. The summed E-state index contributed by atoms with van der Waals surface area (Å²) in [6, 6.07) is 0. The maximum Gasteiger partial charge on any atom is 0.306 e. The van der Waals surface area contributed by atoms with Gasteiger partial charge in [-0.05, 0) is 77.0 Å². The van der Waals surface area contributed by atoms with Crippen molar-refractivity contribution in [1.29, 1.82) is 0 Å². The van der Waals surface area contributed by atoms with Crippen LogP contribution in [0.3, 0.4) is 0 Å². The van der Waals surface area contributed by atoms with Crippen LogP contribution in [0.15, 0.2) is 48.6 Å². The van der Waals surface area contributed by atoms with E-state index in [1.165, 1.54) is 199 Å². The molecule has 0 spiro atoms. The molecule has 0 aromatic rings. The van der Waals surface area contributed by atoms with Crippen molar-refractivity contribution in [2.45, 2.75) is 329 Å². The van der Waals surface area contributed by atoms with Gasteiger partial charge in [0.05, 0.1) is 0 Å². The lowest BCUT2D eigenvalue weighted by Crippen LogP contribution is -2.30. The third-order valence-electron chi connectivity index (χ3n) is 13.6. The lowest BCUT2D eigenvalue weighted by atomic mass is 10.0. The van der Waals surface area contributed by atoms with Gasteiger partial charge in [-0.15, -0.1) is 0 Å². The fraction of sp³-hybridized carbons (Fsp3) is 0.828. The van der Waals surface area contributed by atoms with Gasteiger partial charge in [0, 0.05) is 19.3 Å². The molecule has 0 N–H and O–H groups in total. The van der Waals surface area contributed by atoms with E-state index >= 15 is 0 Å². The quantitative estimate of drug-likeness (QED) is 0.0261. The molecule has 0 heterocycles. The number of hydrogen-bond donors (Lipinski definition) is 0. The number of carbonyl (C=O) groups is 3. The van der Waals surface area contributed by atoms with E-state index in [0.717, 1.165) is 83.5 Å². The lowest BCUT2D eigenvalue weighted by molar-refractivity contribution is -0.167. The molecule has 408 valence electrons. The SMILES string of the molecule is CCCC/C=C\CCCCCCCC(=O)OC(COC(=O)CCCCCCCCCC)COC(=O)CCCCCCCCCCCCCCCCCCCC/C=C\C/C=C\C/C=C\CCCCCCC. The van der Waals surface area contributed by atoms with E-state index in [4.69, 9.17) is 14.2 Å². The van der Waals surface area contributed by atoms with Gasteiger partial charge >= 0.3 is 17.9 Å². The molecule has 1 unspecified atom stereocenters. The van der Waals surface area contributed by atoms with Crippen LogP contribution in [0.5, 0.6) is 0 Å². The van der Waals surface area contributed by atoms with Crippen LogP contribution < -0.4 is 0 Å². The van der Waals surface area contributed by atoms with Crippen LogP contribution in [0.4, 0.5) is 0 Å². The normalized spacial score (nSPS) is 12.3. The molecule has 0 aliphatic rings. The zero-order chi connectivity index (χ0) is 50.7. The summed E-state index contributed by atoms with van der Waals surface area (Å²) in [7, 11) is 0. The van der Waals surface area contributed by atoms with Crippen molar-refractivity contribution < 1.29 is 28.6 Å². The first-order chi connectivity index (χ1) is 34.5. The number of hydrogen-bond acceptors (Lipinski definition) is 6. The minimum absolute atomic E-state index is 0.0725. The van der Waals surface area contributed by atoms with E-state index in [1.807, 2.05) is 0 Å². The van der Waals surface area contributed by atoms with Crippen LogP contribution in [0.2, 0.25) is 0 Å². The average Bonchev–Trinajstić information content (AvgIpc) is 3.36. The molecule has 0 saturated heterocycles. The Morgan fingerprint density at radius 2 is 0.529 bits per heavy atom. The molecule has 0 radical (unpaired) electrons. The van der Waals surface area contributed by atoms with Crippen LogP contribution >= 0.6 is 0 Å². The molecule has 0 fully saturated rings. The highest BCUT2D eigenvalue weighted by Crippen LogP contribution is 2.17. The van der Waals surface area contributed by atoms with E-state index < -0.39 is 6.10 Å². The molecule has 1 atom stereocenters. The summed E-state index contributed by atoms with van der Waals surface area (Å²) < 4.78 is 16.8. The highest BCUT2D eigenvalue weighted by molar-refractivity contribution is 5.71. The number of carbonyl (C=O) groups excluding carboxylic acids is 3. The number of esters is 3. The number of rotatable bonds is 56. The number of ether oxygens (including phenoxy) is 3. The van der Waals surface area contributed by atoms with Crippen LogP contribution in [-0.2, 0) is 28.6 Å². The first-order valence-electron chi connectivity index (χ1n) is 30.6. The monoisotopic (exact) mass is 981 g/mol. The van der Waals surface area contributed by atoms with E-state index in [2.05, 4.69) is 69.4 Å². The summed E-state index contributed by atoms with van der Waals surface area (Å²) in [5, 5.41) is 0. The van der Waals surface area contributed by atoms with Gasteiger partial charge in [-0.1, -0.05) is 275 Å². The van der Waals surface area contributed by atoms with Crippen LogP contribution in [-0.4, -0.2) is 37.2 Å². The molecule has 0 bridgehead atoms. The first kappa shape index (κ1) is 67.4. The van der Waals surface area contributed by atoms with Crippen molar-refractivity contribution in [3.63, 3.8) is 0 Å². The molecule has 0 aromatic carbocycles. The predicted molar refractivity (Wildman–Crippen MR) is 302 cm³/mol. The highest BCUT2D eigenvalue weighted by atomic mass is 16.6. The molecule has 0 saturated carbocycles. The molecule has 0 aliphatic carbocycles. The zero-order valence-electron chi connectivity index (χ0n) is 46.8. The van der Waals surface area contributed by atoms with Gasteiger partial charge < -0.3 is 14.2 Å². The molecule has 0 amide bonds. The van der Waals surface area contributed by atoms with Crippen LogP contribution in [0, 0.1) is 0 Å². The van der Waals surface area contributed by atoms with Crippen molar-refractivity contribution >= 4 is 17.9 Å². The Morgan fingerprint density at radius 1 is 0.286 bits per heavy atom. The van der Waals surface area contributed by atoms with Crippen LogP contribution in [0.1, 0.15) is 323 Å². The minimum atomic E-state index is -0.771. The van der Waals surface area contributed by atoms with Crippen molar-refractivity contribution in [2.24, 2.45) is 0 Å². The third-order valence-corrected chi connectivity index (χ3v) is 13.6. The van der Waals surface area contributed by atoms with E-state index in [9.17, 15) is 14.4 Å². The predicted octanol–water partition coefficient (Wildman–Crippen LogP) is 20.6. The van der Waals surface area contributed by atoms with Gasteiger partial charge in [-0.2, -0.15) is 0 Å². The van der Waals surface area contributed by atoms with Crippen molar-refractivity contribution in [3.8, 4) is 0 Å². The molecule has 6 heteroatoms. The minimum Gasteiger partial charge on any atom is -0.462 e. The van der Waals surface area contributed by atoms with E-state index in [-0.39, 0.29) is 31.1 Å².